The highest BCUT2D eigenvalue weighted by atomic mass is 16.3. The Kier molecular flexibility index (Phi) is 5.15. The van der Waals surface area contributed by atoms with Crippen LogP contribution in [0.25, 0.3) is 0 Å². The average molecular weight is 276 g/mol. The van der Waals surface area contributed by atoms with Crippen LogP contribution in [0.2, 0.25) is 0 Å². The molecule has 1 fully saturated rings. The molecule has 1 aliphatic heterocycles. The van der Waals surface area contributed by atoms with Gasteiger partial charge in [-0.1, -0.05) is 31.2 Å². The lowest BCUT2D eigenvalue weighted by Crippen LogP contribution is -2.37. The van der Waals surface area contributed by atoms with Crippen molar-refractivity contribution < 1.29 is 9.90 Å². The second-order valence-electron chi connectivity index (χ2n) is 5.60. The zero-order valence-corrected chi connectivity index (χ0v) is 12.4. The fraction of sp³-hybridized carbons (Fsp3) is 0.562. The summed E-state index contributed by atoms with van der Waals surface area (Å²) in [4.78, 5) is 15.9. The molecule has 2 rings (SSSR count). The summed E-state index contributed by atoms with van der Waals surface area (Å²) in [5.74, 6) is 0.110. The minimum atomic E-state index is -0.269. The fourth-order valence-corrected chi connectivity index (χ4v) is 2.51. The Morgan fingerprint density at radius 2 is 2.00 bits per heavy atom. The first-order valence-electron chi connectivity index (χ1n) is 7.30. The van der Waals surface area contributed by atoms with Gasteiger partial charge in [-0.05, 0) is 24.0 Å². The van der Waals surface area contributed by atoms with Gasteiger partial charge in [0.15, 0.2) is 0 Å². The maximum Gasteiger partial charge on any atom is 0.236 e. The van der Waals surface area contributed by atoms with Gasteiger partial charge in [0.1, 0.15) is 0 Å². The third-order valence-corrected chi connectivity index (χ3v) is 3.88. The number of aryl methyl sites for hydroxylation is 1. The highest BCUT2D eigenvalue weighted by Gasteiger charge is 2.23. The van der Waals surface area contributed by atoms with E-state index in [1.165, 1.54) is 5.56 Å². The predicted octanol–water partition coefficient (Wildman–Crippen LogP) is 1.27. The summed E-state index contributed by atoms with van der Waals surface area (Å²) in [7, 11) is 1.84. The molecule has 0 aliphatic carbocycles. The number of rotatable bonds is 5. The lowest BCUT2D eigenvalue weighted by molar-refractivity contribution is -0.131. The number of aliphatic hydroxyl groups is 1. The second-order valence-corrected chi connectivity index (χ2v) is 5.60. The number of carbonyl (C=O) groups is 1. The summed E-state index contributed by atoms with van der Waals surface area (Å²) in [6.07, 6.45) is 1.54. The van der Waals surface area contributed by atoms with Crippen LogP contribution in [0, 0.1) is 0 Å². The van der Waals surface area contributed by atoms with Gasteiger partial charge in [-0.2, -0.15) is 0 Å². The van der Waals surface area contributed by atoms with Crippen molar-refractivity contribution in [2.75, 3.05) is 26.7 Å². The van der Waals surface area contributed by atoms with Gasteiger partial charge in [0.2, 0.25) is 5.91 Å². The average Bonchev–Trinajstić information content (AvgIpc) is 2.85. The molecular weight excluding hydrogens is 252 g/mol. The Morgan fingerprint density at radius 1 is 1.35 bits per heavy atom. The minimum Gasteiger partial charge on any atom is -0.392 e. The summed E-state index contributed by atoms with van der Waals surface area (Å²) in [5.41, 5.74) is 2.47. The molecule has 0 radical (unpaired) electrons. The van der Waals surface area contributed by atoms with Crippen LogP contribution < -0.4 is 0 Å². The number of benzene rings is 1. The van der Waals surface area contributed by atoms with E-state index in [-0.39, 0.29) is 12.0 Å². The molecule has 1 saturated heterocycles. The molecule has 0 unspecified atom stereocenters. The van der Waals surface area contributed by atoms with Gasteiger partial charge in [-0.15, -0.1) is 0 Å². The summed E-state index contributed by atoms with van der Waals surface area (Å²) < 4.78 is 0. The standard InChI is InChI=1S/C16H24N2O2/c1-3-13-4-6-14(7-5-13)10-17(2)16(20)12-18-9-8-15(19)11-18/h4-7,15,19H,3,8-12H2,1-2H3/t15-/m0/s1. The van der Waals surface area contributed by atoms with Crippen molar-refractivity contribution in [3.63, 3.8) is 0 Å². The SMILES string of the molecule is CCc1ccc(CN(C)C(=O)CN2CC[C@H](O)C2)cc1. The molecule has 1 amide bonds. The summed E-state index contributed by atoms with van der Waals surface area (Å²) in [6, 6.07) is 8.40. The van der Waals surface area contributed by atoms with Crippen molar-refractivity contribution in [3.05, 3.63) is 35.4 Å². The van der Waals surface area contributed by atoms with Gasteiger partial charge >= 0.3 is 0 Å². The van der Waals surface area contributed by atoms with Crippen molar-refractivity contribution in [1.29, 1.82) is 0 Å². The molecule has 4 nitrogen and oxygen atoms in total. The Bertz CT molecular complexity index is 444. The molecule has 1 N–H and O–H groups in total. The number of hydrogen-bond acceptors (Lipinski definition) is 3. The third-order valence-electron chi connectivity index (χ3n) is 3.88. The minimum absolute atomic E-state index is 0.110. The second kappa shape index (κ2) is 6.86. The van der Waals surface area contributed by atoms with Crippen LogP contribution in [0.5, 0.6) is 0 Å². The quantitative estimate of drug-likeness (QED) is 0.881. The molecule has 0 aromatic heterocycles. The molecule has 0 saturated carbocycles. The van der Waals surface area contributed by atoms with E-state index in [1.807, 2.05) is 11.9 Å². The van der Waals surface area contributed by atoms with E-state index in [9.17, 15) is 9.90 Å². The van der Waals surface area contributed by atoms with E-state index in [2.05, 4.69) is 31.2 Å². The van der Waals surface area contributed by atoms with Crippen molar-refractivity contribution in [2.45, 2.75) is 32.4 Å². The van der Waals surface area contributed by atoms with E-state index in [0.717, 1.165) is 24.9 Å². The van der Waals surface area contributed by atoms with Gasteiger partial charge in [0, 0.05) is 26.7 Å². The number of hydrogen-bond donors (Lipinski definition) is 1. The Morgan fingerprint density at radius 3 is 2.55 bits per heavy atom. The van der Waals surface area contributed by atoms with Crippen LogP contribution in [-0.2, 0) is 17.8 Å². The van der Waals surface area contributed by atoms with Crippen LogP contribution in [0.3, 0.4) is 0 Å². The third kappa shape index (κ3) is 4.05. The van der Waals surface area contributed by atoms with Crippen LogP contribution in [-0.4, -0.2) is 53.6 Å². The Labute approximate surface area is 121 Å². The first kappa shape index (κ1) is 15.0. The number of aliphatic hydroxyl groups excluding tert-OH is 1. The molecule has 1 heterocycles. The number of likely N-dealkylation sites (N-methyl/N-ethyl adjacent to an activating group) is 1. The van der Waals surface area contributed by atoms with Crippen LogP contribution >= 0.6 is 0 Å². The zero-order valence-electron chi connectivity index (χ0n) is 12.4. The maximum atomic E-state index is 12.1. The fourth-order valence-electron chi connectivity index (χ4n) is 2.51. The van der Waals surface area contributed by atoms with Crippen molar-refractivity contribution >= 4 is 5.91 Å². The molecule has 0 spiro atoms. The highest BCUT2D eigenvalue weighted by molar-refractivity contribution is 5.78. The van der Waals surface area contributed by atoms with E-state index in [1.54, 1.807) is 4.90 Å². The molecule has 110 valence electrons. The van der Waals surface area contributed by atoms with Crippen LogP contribution in [0.4, 0.5) is 0 Å². The summed E-state index contributed by atoms with van der Waals surface area (Å²) in [5, 5.41) is 9.47. The number of carbonyl (C=O) groups excluding carboxylic acids is 1. The normalized spacial score (nSPS) is 19.2. The van der Waals surface area contributed by atoms with Gasteiger partial charge < -0.3 is 10.0 Å². The first-order chi connectivity index (χ1) is 9.58. The van der Waals surface area contributed by atoms with E-state index >= 15 is 0 Å². The van der Waals surface area contributed by atoms with Gasteiger partial charge in [-0.3, -0.25) is 9.69 Å². The van der Waals surface area contributed by atoms with E-state index in [0.29, 0.717) is 19.6 Å². The largest absolute Gasteiger partial charge is 0.392 e. The molecule has 1 aliphatic rings. The van der Waals surface area contributed by atoms with Crippen LogP contribution in [0.15, 0.2) is 24.3 Å². The number of nitrogens with zero attached hydrogens (tertiary/aromatic N) is 2. The lowest BCUT2D eigenvalue weighted by Gasteiger charge is -2.21. The zero-order chi connectivity index (χ0) is 14.5. The predicted molar refractivity (Wildman–Crippen MR) is 79.4 cm³/mol. The van der Waals surface area contributed by atoms with Gasteiger partial charge in [-0.25, -0.2) is 0 Å². The summed E-state index contributed by atoms with van der Waals surface area (Å²) >= 11 is 0. The topological polar surface area (TPSA) is 43.8 Å². The molecule has 1 aromatic carbocycles. The molecule has 0 bridgehead atoms. The lowest BCUT2D eigenvalue weighted by atomic mass is 10.1. The van der Waals surface area contributed by atoms with E-state index < -0.39 is 0 Å². The first-order valence-corrected chi connectivity index (χ1v) is 7.30. The Hall–Kier alpha value is -1.39. The number of likely N-dealkylation sites (tertiary alicyclic amines) is 1. The van der Waals surface area contributed by atoms with Crippen molar-refractivity contribution in [1.82, 2.24) is 9.80 Å². The molecular formula is C16H24N2O2. The van der Waals surface area contributed by atoms with Crippen LogP contribution in [0.1, 0.15) is 24.5 Å². The Balaban J connectivity index is 1.83. The molecule has 20 heavy (non-hydrogen) atoms. The monoisotopic (exact) mass is 276 g/mol. The molecule has 1 aromatic rings. The summed E-state index contributed by atoms with van der Waals surface area (Å²) in [6.45, 7) is 4.60. The number of β-amino-alcohol motifs (C(OH)–C–C–N with tert-alkyl or cyclic N) is 1. The van der Waals surface area contributed by atoms with Gasteiger partial charge in [0.05, 0.1) is 12.6 Å². The van der Waals surface area contributed by atoms with Gasteiger partial charge in [0.25, 0.3) is 0 Å². The smallest absolute Gasteiger partial charge is 0.236 e. The maximum absolute atomic E-state index is 12.1. The van der Waals surface area contributed by atoms with Crippen molar-refractivity contribution in [3.8, 4) is 0 Å². The molecule has 4 heteroatoms. The number of amides is 1. The van der Waals surface area contributed by atoms with Crippen molar-refractivity contribution in [2.24, 2.45) is 0 Å². The van der Waals surface area contributed by atoms with E-state index in [4.69, 9.17) is 0 Å². The highest BCUT2D eigenvalue weighted by Crippen LogP contribution is 2.10. The molecule has 1 atom stereocenters.